The molecular formula is C49H57N5O11S3. The number of para-hydroxylation sites is 1. The van der Waals surface area contributed by atoms with E-state index in [1.807, 2.05) is 55.1 Å². The van der Waals surface area contributed by atoms with Gasteiger partial charge in [0.2, 0.25) is 5.91 Å². The number of hydrogen-bond donors (Lipinski definition) is 3. The van der Waals surface area contributed by atoms with Crippen molar-refractivity contribution < 1.29 is 51.1 Å². The van der Waals surface area contributed by atoms with E-state index in [4.69, 9.17) is 18.9 Å². The Morgan fingerprint density at radius 2 is 1.69 bits per heavy atom. The van der Waals surface area contributed by atoms with Gasteiger partial charge in [-0.1, -0.05) is 45.9 Å². The van der Waals surface area contributed by atoms with Crippen molar-refractivity contribution in [2.24, 2.45) is 4.99 Å². The van der Waals surface area contributed by atoms with Crippen LogP contribution in [0.3, 0.4) is 0 Å². The van der Waals surface area contributed by atoms with Gasteiger partial charge in [0.25, 0.3) is 21.9 Å². The first-order valence-electron chi connectivity index (χ1n) is 22.4. The van der Waals surface area contributed by atoms with Crippen molar-refractivity contribution in [1.82, 2.24) is 0 Å². The highest BCUT2D eigenvalue weighted by molar-refractivity contribution is 8.77. The number of nitrogens with one attached hydrogen (secondary N) is 2. The fraction of sp³-hybridized carbons (Fsp3) is 0.408. The Hall–Kier alpha value is -5.76. The first-order chi connectivity index (χ1) is 32.5. The highest BCUT2D eigenvalue weighted by atomic mass is 33.1. The number of aliphatic imine (C=N–C) groups is 1. The minimum absolute atomic E-state index is 0.00195. The van der Waals surface area contributed by atoms with Gasteiger partial charge in [0.15, 0.2) is 23.0 Å². The van der Waals surface area contributed by atoms with E-state index in [9.17, 15) is 32.1 Å². The van der Waals surface area contributed by atoms with Crippen LogP contribution in [0.15, 0.2) is 71.7 Å². The number of Topliss-reactive ketones (excluding diaryl/α,β-unsaturated/α-hetero) is 1. The van der Waals surface area contributed by atoms with Crippen molar-refractivity contribution in [2.75, 3.05) is 66.7 Å². The number of fused-ring (bicyclic) bond motifs is 5. The molecule has 0 aromatic heterocycles. The molecular weight excluding hydrogens is 931 g/mol. The van der Waals surface area contributed by atoms with Gasteiger partial charge >= 0.3 is 0 Å². The number of hydrogen-bond acceptors (Lipinski definition) is 14. The molecule has 0 bridgehead atoms. The number of amides is 3. The molecule has 3 amide bonds. The number of rotatable bonds is 21. The second-order valence-electron chi connectivity index (χ2n) is 17.2. The van der Waals surface area contributed by atoms with Crippen molar-refractivity contribution in [1.29, 1.82) is 0 Å². The normalized spacial score (nSPS) is 15.7. The second kappa shape index (κ2) is 21.7. The largest absolute Gasteiger partial charge is 0.493 e. The van der Waals surface area contributed by atoms with Gasteiger partial charge in [0, 0.05) is 71.8 Å². The summed E-state index contributed by atoms with van der Waals surface area (Å²) in [4.78, 5) is 61.0. The van der Waals surface area contributed by atoms with Crippen LogP contribution in [-0.2, 0) is 32.5 Å². The van der Waals surface area contributed by atoms with E-state index in [1.165, 1.54) is 28.7 Å². The van der Waals surface area contributed by atoms with Gasteiger partial charge in [-0.25, -0.2) is 0 Å². The molecule has 3 aliphatic heterocycles. The molecule has 2 atom stereocenters. The number of carbonyl (C=O) groups excluding carboxylic acids is 4. The van der Waals surface area contributed by atoms with E-state index < -0.39 is 21.2 Å². The van der Waals surface area contributed by atoms with Crippen LogP contribution in [0.2, 0.25) is 0 Å². The van der Waals surface area contributed by atoms with Crippen LogP contribution in [0.1, 0.15) is 85.2 Å². The lowest BCUT2D eigenvalue weighted by atomic mass is 10.1. The Labute approximate surface area is 405 Å². The fourth-order valence-electron chi connectivity index (χ4n) is 8.49. The summed E-state index contributed by atoms with van der Waals surface area (Å²) in [6.45, 7) is 8.42. The minimum Gasteiger partial charge on any atom is -0.493 e. The summed E-state index contributed by atoms with van der Waals surface area (Å²) in [5, 5.41) is 4.98. The van der Waals surface area contributed by atoms with Gasteiger partial charge < -0.3 is 39.4 Å². The summed E-state index contributed by atoms with van der Waals surface area (Å²) in [6.07, 6.45) is 4.21. The average Bonchev–Trinajstić information content (AvgIpc) is 3.87. The topological polar surface area (TPSA) is 202 Å². The predicted molar refractivity (Wildman–Crippen MR) is 269 cm³/mol. The van der Waals surface area contributed by atoms with Gasteiger partial charge in [0.05, 0.1) is 56.0 Å². The van der Waals surface area contributed by atoms with Crippen LogP contribution in [0.5, 0.6) is 23.0 Å². The first kappa shape index (κ1) is 50.1. The van der Waals surface area contributed by atoms with E-state index in [2.05, 4.69) is 21.7 Å². The molecule has 362 valence electrons. The molecule has 0 spiro atoms. The lowest BCUT2D eigenvalue weighted by molar-refractivity contribution is -0.117. The summed E-state index contributed by atoms with van der Waals surface area (Å²) >= 11 is 0. The molecule has 3 aliphatic rings. The van der Waals surface area contributed by atoms with Crippen LogP contribution < -0.4 is 39.4 Å². The number of benzene rings is 4. The molecule has 19 heteroatoms. The molecule has 68 heavy (non-hydrogen) atoms. The molecule has 1 unspecified atom stereocenters. The standard InChI is InChI=1S/C49H57N5O11S3/c1-7-50-37-27-43(64-20-10-21-65-44-28-38-36(26-42(44)63-6)48(58)54-34(29-51-38)23-32-11-8-9-12-39(32)54)41(62-5)25-35(37)47(57)53-19-16-31-13-14-33(24-40(31)53)52-46(56)15-18-49(3,4)67-66-22-17-45(30(2)55)68(59,60)61/h7-9,11-14,24-28,34,45,51H,10,15-23,29H2,1-6H3,(H,52,56)(H,59,60,61)/t34-,45?/m0/s1. The summed E-state index contributed by atoms with van der Waals surface area (Å²) in [5.74, 6) is 0.854. The molecule has 16 nitrogen and oxygen atoms in total. The molecule has 0 radical (unpaired) electrons. The maximum atomic E-state index is 14.3. The molecule has 0 saturated carbocycles. The third-order valence-electron chi connectivity index (χ3n) is 12.0. The number of anilines is 4. The van der Waals surface area contributed by atoms with Gasteiger partial charge in [0.1, 0.15) is 11.0 Å². The Morgan fingerprint density at radius 3 is 2.40 bits per heavy atom. The first-order valence-corrected chi connectivity index (χ1v) is 26.2. The number of nitrogens with zero attached hydrogens (tertiary/aromatic N) is 3. The molecule has 3 heterocycles. The summed E-state index contributed by atoms with van der Waals surface area (Å²) < 4.78 is 55.8. The van der Waals surface area contributed by atoms with Gasteiger partial charge in [-0.15, -0.1) is 0 Å². The van der Waals surface area contributed by atoms with E-state index in [0.717, 1.165) is 30.2 Å². The Bertz CT molecular complexity index is 2710. The van der Waals surface area contributed by atoms with Gasteiger partial charge in [-0.05, 0) is 94.8 Å². The Kier molecular flexibility index (Phi) is 16.0. The zero-order valence-corrected chi connectivity index (χ0v) is 41.4. The average molecular weight is 988 g/mol. The van der Waals surface area contributed by atoms with E-state index in [1.54, 1.807) is 49.4 Å². The van der Waals surface area contributed by atoms with Crippen molar-refractivity contribution in [3.8, 4) is 23.0 Å². The smallest absolute Gasteiger partial charge is 0.274 e. The zero-order chi connectivity index (χ0) is 48.8. The van der Waals surface area contributed by atoms with Crippen molar-refractivity contribution in [3.63, 3.8) is 0 Å². The lowest BCUT2D eigenvalue weighted by Crippen LogP contribution is -2.39. The number of ether oxygens (including phenoxy) is 4. The molecule has 4 aromatic rings. The number of ketones is 1. The van der Waals surface area contributed by atoms with E-state index in [-0.39, 0.29) is 54.6 Å². The van der Waals surface area contributed by atoms with Gasteiger partial charge in [-0.2, -0.15) is 8.42 Å². The minimum atomic E-state index is -4.46. The summed E-state index contributed by atoms with van der Waals surface area (Å²) in [6, 6.07) is 20.4. The van der Waals surface area contributed by atoms with E-state index >= 15 is 0 Å². The zero-order valence-electron chi connectivity index (χ0n) is 39.0. The molecule has 0 fully saturated rings. The molecule has 0 aliphatic carbocycles. The predicted octanol–water partition coefficient (Wildman–Crippen LogP) is 8.59. The third-order valence-corrected chi connectivity index (χ3v) is 16.6. The lowest BCUT2D eigenvalue weighted by Gasteiger charge is -2.23. The Balaban J connectivity index is 0.940. The van der Waals surface area contributed by atoms with Crippen LogP contribution in [0.4, 0.5) is 28.4 Å². The summed E-state index contributed by atoms with van der Waals surface area (Å²) in [5.41, 5.74) is 6.19. The van der Waals surface area contributed by atoms with Crippen molar-refractivity contribution in [2.45, 2.75) is 82.3 Å². The maximum Gasteiger partial charge on any atom is 0.274 e. The second-order valence-corrected chi connectivity index (χ2v) is 21.9. The molecule has 0 saturated heterocycles. The quantitative estimate of drug-likeness (QED) is 0.0310. The van der Waals surface area contributed by atoms with Crippen molar-refractivity contribution >= 4 is 89.9 Å². The Morgan fingerprint density at radius 1 is 0.971 bits per heavy atom. The van der Waals surface area contributed by atoms with Crippen LogP contribution in [-0.4, -0.2) is 105 Å². The van der Waals surface area contributed by atoms with Gasteiger partial charge in [-0.3, -0.25) is 28.7 Å². The van der Waals surface area contributed by atoms with Crippen molar-refractivity contribution in [3.05, 3.63) is 89.0 Å². The fourth-order valence-corrected chi connectivity index (χ4v) is 12.1. The van der Waals surface area contributed by atoms with Crippen LogP contribution >= 0.6 is 21.6 Å². The maximum absolute atomic E-state index is 14.3. The number of carbonyl (C=O) groups is 4. The van der Waals surface area contributed by atoms with E-state index in [0.29, 0.717) is 95.0 Å². The van der Waals surface area contributed by atoms with Crippen LogP contribution in [0.25, 0.3) is 0 Å². The monoisotopic (exact) mass is 987 g/mol. The summed E-state index contributed by atoms with van der Waals surface area (Å²) in [7, 11) is 1.46. The molecule has 4 aromatic carbocycles. The highest BCUT2D eigenvalue weighted by Crippen LogP contribution is 2.43. The van der Waals surface area contributed by atoms with Crippen LogP contribution in [0, 0.1) is 0 Å². The molecule has 7 rings (SSSR count). The SMILES string of the molecule is CC=Nc1cc(OCCCOc2cc3c(cc2OC)C(=O)N2c4ccccc4C[C@H]2CN3)c(OC)cc1C(=O)N1CCc2ccc(NC(=O)CCC(C)(C)SSCCC(C(C)=O)S(=O)(=O)O)cc21. The highest BCUT2D eigenvalue weighted by Gasteiger charge is 2.38. The number of methoxy groups -OCH3 is 2. The third kappa shape index (κ3) is 11.6. The molecule has 3 N–H and O–H groups in total.